The Morgan fingerprint density at radius 1 is 1.37 bits per heavy atom. The van der Waals surface area contributed by atoms with Gasteiger partial charge in [-0.3, -0.25) is 10.1 Å². The Bertz CT molecular complexity index is 484. The van der Waals surface area contributed by atoms with Gasteiger partial charge in [-0.2, -0.15) is 0 Å². The number of benzene rings is 1. The van der Waals surface area contributed by atoms with Crippen molar-refractivity contribution in [3.8, 4) is 11.5 Å². The van der Waals surface area contributed by atoms with E-state index in [1.54, 1.807) is 18.2 Å². The maximum atomic E-state index is 11.2. The zero-order valence-corrected chi connectivity index (χ0v) is 10.6. The normalized spacial score (nSPS) is 14.8. The van der Waals surface area contributed by atoms with Crippen LogP contribution in [0.4, 0.5) is 0 Å². The SMILES string of the molecule is CC(=O)CC(C[N+](=O)[O-])c1ccc2c(c1)OCCO2. The van der Waals surface area contributed by atoms with E-state index < -0.39 is 10.8 Å². The van der Waals surface area contributed by atoms with Crippen molar-refractivity contribution in [2.45, 2.75) is 19.3 Å². The van der Waals surface area contributed by atoms with Crippen LogP contribution >= 0.6 is 0 Å². The lowest BCUT2D eigenvalue weighted by Gasteiger charge is -2.20. The predicted molar refractivity (Wildman–Crippen MR) is 67.3 cm³/mol. The van der Waals surface area contributed by atoms with E-state index in [0.717, 1.165) is 5.56 Å². The maximum Gasteiger partial charge on any atom is 0.211 e. The monoisotopic (exact) mass is 265 g/mol. The van der Waals surface area contributed by atoms with Crippen LogP contribution in [-0.2, 0) is 4.79 Å². The van der Waals surface area contributed by atoms with Gasteiger partial charge in [0.15, 0.2) is 11.5 Å². The number of carbonyl (C=O) groups excluding carboxylic acids is 1. The summed E-state index contributed by atoms with van der Waals surface area (Å²) in [4.78, 5) is 21.5. The number of fused-ring (bicyclic) bond motifs is 1. The molecule has 1 atom stereocenters. The Labute approximate surface area is 110 Å². The quantitative estimate of drug-likeness (QED) is 0.599. The number of ketones is 1. The van der Waals surface area contributed by atoms with Gasteiger partial charge in [-0.05, 0) is 24.6 Å². The highest BCUT2D eigenvalue weighted by atomic mass is 16.6. The average Bonchev–Trinajstić information content (AvgIpc) is 2.36. The zero-order valence-electron chi connectivity index (χ0n) is 10.6. The van der Waals surface area contributed by atoms with Crippen molar-refractivity contribution in [2.24, 2.45) is 0 Å². The van der Waals surface area contributed by atoms with Crippen LogP contribution in [0.1, 0.15) is 24.8 Å². The summed E-state index contributed by atoms with van der Waals surface area (Å²) in [7, 11) is 0. The van der Waals surface area contributed by atoms with Gasteiger partial charge in [0.2, 0.25) is 6.54 Å². The van der Waals surface area contributed by atoms with Crippen molar-refractivity contribution < 1.29 is 19.2 Å². The minimum atomic E-state index is -0.427. The molecule has 1 aromatic rings. The summed E-state index contributed by atoms with van der Waals surface area (Å²) in [6.45, 7) is 2.13. The maximum absolute atomic E-state index is 11.2. The molecule has 19 heavy (non-hydrogen) atoms. The first-order chi connectivity index (χ1) is 9.06. The molecule has 6 heteroatoms. The number of hydrogen-bond acceptors (Lipinski definition) is 5. The summed E-state index contributed by atoms with van der Waals surface area (Å²) >= 11 is 0. The summed E-state index contributed by atoms with van der Waals surface area (Å²) < 4.78 is 10.8. The number of ether oxygens (including phenoxy) is 2. The molecule has 0 bridgehead atoms. The van der Waals surface area contributed by atoms with Crippen molar-refractivity contribution >= 4 is 5.78 Å². The minimum Gasteiger partial charge on any atom is -0.486 e. The van der Waals surface area contributed by atoms with Crippen molar-refractivity contribution in [3.05, 3.63) is 33.9 Å². The summed E-state index contributed by atoms with van der Waals surface area (Å²) in [6, 6.07) is 5.22. The molecule has 1 aromatic carbocycles. The van der Waals surface area contributed by atoms with E-state index in [9.17, 15) is 14.9 Å². The Morgan fingerprint density at radius 2 is 2.05 bits per heavy atom. The number of carbonyl (C=O) groups is 1. The molecular formula is C13H15NO5. The Kier molecular flexibility index (Phi) is 3.99. The molecular weight excluding hydrogens is 250 g/mol. The van der Waals surface area contributed by atoms with E-state index in [-0.39, 0.29) is 18.7 Å². The van der Waals surface area contributed by atoms with Gasteiger partial charge < -0.3 is 14.3 Å². The summed E-state index contributed by atoms with van der Waals surface area (Å²) in [5.74, 6) is 0.725. The number of nitro groups is 1. The Morgan fingerprint density at radius 3 is 2.68 bits per heavy atom. The van der Waals surface area contributed by atoms with Crippen LogP contribution in [0, 0.1) is 10.1 Å². The van der Waals surface area contributed by atoms with Crippen LogP contribution in [0.15, 0.2) is 18.2 Å². The summed E-state index contributed by atoms with van der Waals surface area (Å²) in [5, 5.41) is 10.7. The van der Waals surface area contributed by atoms with Gasteiger partial charge in [0.25, 0.3) is 0 Å². The second-order valence-corrected chi connectivity index (χ2v) is 4.52. The van der Waals surface area contributed by atoms with E-state index in [4.69, 9.17) is 9.47 Å². The van der Waals surface area contributed by atoms with Crippen molar-refractivity contribution in [1.29, 1.82) is 0 Å². The molecule has 2 rings (SSSR count). The first-order valence-corrected chi connectivity index (χ1v) is 6.07. The zero-order chi connectivity index (χ0) is 13.8. The van der Waals surface area contributed by atoms with Crippen molar-refractivity contribution in [3.63, 3.8) is 0 Å². The largest absolute Gasteiger partial charge is 0.486 e. The number of rotatable bonds is 5. The molecule has 0 amide bonds. The smallest absolute Gasteiger partial charge is 0.211 e. The molecule has 0 N–H and O–H groups in total. The molecule has 0 aliphatic carbocycles. The van der Waals surface area contributed by atoms with Gasteiger partial charge in [-0.25, -0.2) is 0 Å². The predicted octanol–water partition coefficient (Wildman–Crippen LogP) is 1.80. The van der Waals surface area contributed by atoms with Crippen LogP contribution in [0.3, 0.4) is 0 Å². The lowest BCUT2D eigenvalue weighted by molar-refractivity contribution is -0.483. The second-order valence-electron chi connectivity index (χ2n) is 4.52. The number of nitrogens with zero attached hydrogens (tertiary/aromatic N) is 1. The van der Waals surface area contributed by atoms with E-state index in [1.165, 1.54) is 6.92 Å². The molecule has 0 saturated heterocycles. The van der Waals surface area contributed by atoms with Crippen LogP contribution in [0.5, 0.6) is 11.5 Å². The van der Waals surface area contributed by atoms with Gasteiger partial charge in [0.1, 0.15) is 19.0 Å². The molecule has 6 nitrogen and oxygen atoms in total. The standard InChI is InChI=1S/C13H15NO5/c1-9(15)6-11(8-14(16)17)10-2-3-12-13(7-10)19-5-4-18-12/h2-3,7,11H,4-6,8H2,1H3. The molecule has 1 aliphatic rings. The molecule has 0 fully saturated rings. The van der Waals surface area contributed by atoms with Gasteiger partial charge in [-0.1, -0.05) is 6.07 Å². The van der Waals surface area contributed by atoms with Crippen molar-refractivity contribution in [1.82, 2.24) is 0 Å². The van der Waals surface area contributed by atoms with Gasteiger partial charge in [-0.15, -0.1) is 0 Å². The molecule has 1 heterocycles. The van der Waals surface area contributed by atoms with Crippen molar-refractivity contribution in [2.75, 3.05) is 19.8 Å². The van der Waals surface area contributed by atoms with E-state index >= 15 is 0 Å². The fourth-order valence-electron chi connectivity index (χ4n) is 2.13. The fraction of sp³-hybridized carbons (Fsp3) is 0.462. The average molecular weight is 265 g/mol. The molecule has 0 spiro atoms. The summed E-state index contributed by atoms with van der Waals surface area (Å²) in [5.41, 5.74) is 0.733. The van der Waals surface area contributed by atoms with Gasteiger partial charge in [0.05, 0.1) is 5.92 Å². The molecule has 102 valence electrons. The fourth-order valence-corrected chi connectivity index (χ4v) is 2.13. The van der Waals surface area contributed by atoms with Crippen LogP contribution in [0.2, 0.25) is 0 Å². The minimum absolute atomic E-state index is 0.0678. The third-order valence-corrected chi connectivity index (χ3v) is 2.94. The molecule has 0 saturated carbocycles. The molecule has 1 aliphatic heterocycles. The first-order valence-electron chi connectivity index (χ1n) is 6.07. The van der Waals surface area contributed by atoms with Crippen LogP contribution in [-0.4, -0.2) is 30.5 Å². The van der Waals surface area contributed by atoms with Gasteiger partial charge >= 0.3 is 0 Å². The molecule has 1 unspecified atom stereocenters. The highest BCUT2D eigenvalue weighted by molar-refractivity contribution is 5.76. The van der Waals surface area contributed by atoms with E-state index in [2.05, 4.69) is 0 Å². The first kappa shape index (κ1) is 13.3. The third-order valence-electron chi connectivity index (χ3n) is 2.94. The molecule has 0 radical (unpaired) electrons. The van der Waals surface area contributed by atoms with Crippen LogP contribution < -0.4 is 9.47 Å². The highest BCUT2D eigenvalue weighted by Gasteiger charge is 2.22. The number of hydrogen-bond donors (Lipinski definition) is 0. The topological polar surface area (TPSA) is 78.7 Å². The lowest BCUT2D eigenvalue weighted by atomic mass is 9.93. The second kappa shape index (κ2) is 5.69. The third kappa shape index (κ3) is 3.43. The van der Waals surface area contributed by atoms with Gasteiger partial charge in [0, 0.05) is 11.3 Å². The summed E-state index contributed by atoms with van der Waals surface area (Å²) in [6.07, 6.45) is 0.153. The highest BCUT2D eigenvalue weighted by Crippen LogP contribution is 2.34. The van der Waals surface area contributed by atoms with E-state index in [1.807, 2.05) is 0 Å². The Balaban J connectivity index is 2.25. The number of Topliss-reactive ketones (excluding diaryl/α,β-unsaturated/α-hetero) is 1. The van der Waals surface area contributed by atoms with E-state index in [0.29, 0.717) is 24.7 Å². The Hall–Kier alpha value is -2.11. The molecule has 0 aromatic heterocycles. The van der Waals surface area contributed by atoms with Crippen LogP contribution in [0.25, 0.3) is 0 Å². The lowest BCUT2D eigenvalue weighted by Crippen LogP contribution is -2.18.